The Kier molecular flexibility index (Phi) is 4.36. The van der Waals surface area contributed by atoms with Crippen LogP contribution >= 0.6 is 0 Å². The first-order chi connectivity index (χ1) is 9.22. The Morgan fingerprint density at radius 3 is 2.42 bits per heavy atom. The molecule has 0 fully saturated rings. The summed E-state index contributed by atoms with van der Waals surface area (Å²) in [6.45, 7) is 0.594. The minimum atomic E-state index is -0.307. The first kappa shape index (κ1) is 13.4. The highest BCUT2D eigenvalue weighted by atomic mass is 19.1. The summed E-state index contributed by atoms with van der Waals surface area (Å²) in [5.41, 5.74) is 2.53. The van der Waals surface area contributed by atoms with Crippen molar-refractivity contribution in [3.8, 4) is 5.75 Å². The first-order valence-electron chi connectivity index (χ1n) is 5.99. The molecule has 0 saturated heterocycles. The molecule has 2 N–H and O–H groups in total. The number of methoxy groups -OCH3 is 1. The number of aliphatic hydroxyl groups is 1. The Hall–Kier alpha value is -2.07. The molecule has 0 spiro atoms. The molecule has 0 aliphatic carbocycles. The highest BCUT2D eigenvalue weighted by molar-refractivity contribution is 5.56. The van der Waals surface area contributed by atoms with Crippen LogP contribution in [-0.4, -0.2) is 12.2 Å². The van der Waals surface area contributed by atoms with Gasteiger partial charge in [-0.1, -0.05) is 24.3 Å². The van der Waals surface area contributed by atoms with Crippen molar-refractivity contribution in [2.45, 2.75) is 13.2 Å². The summed E-state index contributed by atoms with van der Waals surface area (Å²) in [5.74, 6) is 0.298. The lowest BCUT2D eigenvalue weighted by molar-refractivity contribution is 0.282. The third-order valence-electron chi connectivity index (χ3n) is 2.85. The Bertz CT molecular complexity index is 540. The molecule has 0 saturated carbocycles. The van der Waals surface area contributed by atoms with Crippen LogP contribution in [0.3, 0.4) is 0 Å². The smallest absolute Gasteiger partial charge is 0.142 e. The Morgan fingerprint density at radius 1 is 1.11 bits per heavy atom. The van der Waals surface area contributed by atoms with Crippen molar-refractivity contribution in [2.24, 2.45) is 0 Å². The Labute approximate surface area is 111 Å². The predicted octanol–water partition coefficient (Wildman–Crippen LogP) is 2.94. The van der Waals surface area contributed by atoms with Crippen LogP contribution in [-0.2, 0) is 13.2 Å². The van der Waals surface area contributed by atoms with E-state index in [0.717, 1.165) is 11.1 Å². The van der Waals surface area contributed by atoms with E-state index in [2.05, 4.69) is 5.32 Å². The summed E-state index contributed by atoms with van der Waals surface area (Å²) in [6.07, 6.45) is 0. The fraction of sp³-hybridized carbons (Fsp3) is 0.200. The van der Waals surface area contributed by atoms with Gasteiger partial charge in [-0.3, -0.25) is 0 Å². The molecule has 4 heteroatoms. The zero-order valence-electron chi connectivity index (χ0n) is 10.7. The SMILES string of the molecule is COc1ccc(F)cc1NCc1ccc(CO)cc1. The van der Waals surface area contributed by atoms with Gasteiger partial charge in [-0.2, -0.15) is 0 Å². The number of aliphatic hydroxyl groups excluding tert-OH is 1. The molecule has 2 aromatic carbocycles. The van der Waals surface area contributed by atoms with Gasteiger partial charge in [0.05, 0.1) is 19.4 Å². The van der Waals surface area contributed by atoms with Crippen LogP contribution in [0.5, 0.6) is 5.75 Å². The van der Waals surface area contributed by atoms with Crippen LogP contribution in [0.25, 0.3) is 0 Å². The van der Waals surface area contributed by atoms with E-state index >= 15 is 0 Å². The second-order valence-corrected chi connectivity index (χ2v) is 4.17. The van der Waals surface area contributed by atoms with Crippen LogP contribution in [0, 0.1) is 5.82 Å². The third-order valence-corrected chi connectivity index (χ3v) is 2.85. The summed E-state index contributed by atoms with van der Waals surface area (Å²) in [6, 6.07) is 11.9. The number of ether oxygens (including phenoxy) is 1. The van der Waals surface area contributed by atoms with Gasteiger partial charge in [0.25, 0.3) is 0 Å². The maximum absolute atomic E-state index is 13.2. The van der Waals surface area contributed by atoms with Gasteiger partial charge in [0.1, 0.15) is 11.6 Å². The fourth-order valence-electron chi connectivity index (χ4n) is 1.78. The molecule has 0 amide bonds. The lowest BCUT2D eigenvalue weighted by Gasteiger charge is -2.11. The van der Waals surface area contributed by atoms with E-state index < -0.39 is 0 Å². The van der Waals surface area contributed by atoms with Crippen LogP contribution < -0.4 is 10.1 Å². The molecule has 100 valence electrons. The number of anilines is 1. The highest BCUT2D eigenvalue weighted by Gasteiger charge is 2.04. The van der Waals surface area contributed by atoms with Crippen LogP contribution in [0.4, 0.5) is 10.1 Å². The van der Waals surface area contributed by atoms with Crippen LogP contribution in [0.15, 0.2) is 42.5 Å². The number of rotatable bonds is 5. The Morgan fingerprint density at radius 2 is 1.79 bits per heavy atom. The van der Waals surface area contributed by atoms with Crippen molar-refractivity contribution >= 4 is 5.69 Å². The fourth-order valence-corrected chi connectivity index (χ4v) is 1.78. The highest BCUT2D eigenvalue weighted by Crippen LogP contribution is 2.25. The molecule has 19 heavy (non-hydrogen) atoms. The van der Waals surface area contributed by atoms with Gasteiger partial charge in [-0.15, -0.1) is 0 Å². The summed E-state index contributed by atoms with van der Waals surface area (Å²) in [5, 5.41) is 12.1. The third kappa shape index (κ3) is 3.45. The van der Waals surface area contributed by atoms with E-state index in [1.165, 1.54) is 12.1 Å². The Balaban J connectivity index is 2.07. The minimum absolute atomic E-state index is 0.0332. The van der Waals surface area contributed by atoms with E-state index in [0.29, 0.717) is 18.0 Å². The molecule has 0 atom stereocenters. The van der Waals surface area contributed by atoms with Crippen molar-refractivity contribution in [1.29, 1.82) is 0 Å². The number of hydrogen-bond acceptors (Lipinski definition) is 3. The van der Waals surface area contributed by atoms with Crippen molar-refractivity contribution in [3.63, 3.8) is 0 Å². The predicted molar refractivity (Wildman–Crippen MR) is 72.6 cm³/mol. The lowest BCUT2D eigenvalue weighted by atomic mass is 10.1. The quantitative estimate of drug-likeness (QED) is 0.869. The van der Waals surface area contributed by atoms with Crippen LogP contribution in [0.2, 0.25) is 0 Å². The zero-order valence-corrected chi connectivity index (χ0v) is 10.7. The van der Waals surface area contributed by atoms with E-state index in [9.17, 15) is 4.39 Å². The van der Waals surface area contributed by atoms with Crippen molar-refractivity contribution in [3.05, 3.63) is 59.4 Å². The van der Waals surface area contributed by atoms with E-state index in [-0.39, 0.29) is 12.4 Å². The lowest BCUT2D eigenvalue weighted by Crippen LogP contribution is -2.02. The number of halogens is 1. The summed E-state index contributed by atoms with van der Waals surface area (Å²) in [4.78, 5) is 0. The van der Waals surface area contributed by atoms with Gasteiger partial charge < -0.3 is 15.2 Å². The topological polar surface area (TPSA) is 41.5 Å². The monoisotopic (exact) mass is 261 g/mol. The second-order valence-electron chi connectivity index (χ2n) is 4.17. The molecule has 0 radical (unpaired) electrons. The van der Waals surface area contributed by atoms with Crippen molar-refractivity contribution in [2.75, 3.05) is 12.4 Å². The molecule has 0 aliphatic heterocycles. The maximum atomic E-state index is 13.2. The van der Waals surface area contributed by atoms with E-state index in [1.54, 1.807) is 13.2 Å². The number of benzene rings is 2. The maximum Gasteiger partial charge on any atom is 0.142 e. The van der Waals surface area contributed by atoms with E-state index in [4.69, 9.17) is 9.84 Å². The minimum Gasteiger partial charge on any atom is -0.495 e. The molecular formula is C15H16FNO2. The summed E-state index contributed by atoms with van der Waals surface area (Å²) >= 11 is 0. The van der Waals surface area contributed by atoms with Gasteiger partial charge in [-0.05, 0) is 23.3 Å². The molecule has 0 unspecified atom stereocenters. The van der Waals surface area contributed by atoms with Gasteiger partial charge in [0.15, 0.2) is 0 Å². The number of nitrogens with one attached hydrogen (secondary N) is 1. The normalized spacial score (nSPS) is 10.3. The molecule has 0 aliphatic rings. The van der Waals surface area contributed by atoms with Crippen molar-refractivity contribution in [1.82, 2.24) is 0 Å². The first-order valence-corrected chi connectivity index (χ1v) is 5.99. The molecule has 2 aromatic rings. The second kappa shape index (κ2) is 6.20. The largest absolute Gasteiger partial charge is 0.495 e. The molecule has 0 bridgehead atoms. The van der Waals surface area contributed by atoms with Gasteiger partial charge in [-0.25, -0.2) is 4.39 Å². The van der Waals surface area contributed by atoms with E-state index in [1.807, 2.05) is 24.3 Å². The molecule has 2 rings (SSSR count). The summed E-state index contributed by atoms with van der Waals surface area (Å²) in [7, 11) is 1.55. The standard InChI is InChI=1S/C15H16FNO2/c1-19-15-7-6-13(16)8-14(15)17-9-11-2-4-12(10-18)5-3-11/h2-8,17-18H,9-10H2,1H3. The van der Waals surface area contributed by atoms with Crippen molar-refractivity contribution < 1.29 is 14.2 Å². The average molecular weight is 261 g/mol. The zero-order chi connectivity index (χ0) is 13.7. The number of hydrogen-bond donors (Lipinski definition) is 2. The van der Waals surface area contributed by atoms with Gasteiger partial charge >= 0.3 is 0 Å². The molecule has 0 heterocycles. The molecule has 3 nitrogen and oxygen atoms in total. The average Bonchev–Trinajstić information content (AvgIpc) is 2.46. The van der Waals surface area contributed by atoms with Crippen LogP contribution in [0.1, 0.15) is 11.1 Å². The van der Waals surface area contributed by atoms with Gasteiger partial charge in [0, 0.05) is 12.6 Å². The summed E-state index contributed by atoms with van der Waals surface area (Å²) < 4.78 is 18.3. The molecular weight excluding hydrogens is 245 g/mol. The van der Waals surface area contributed by atoms with Gasteiger partial charge in [0.2, 0.25) is 0 Å². The molecule has 0 aromatic heterocycles.